The third-order valence-corrected chi connectivity index (χ3v) is 3.82. The van der Waals surface area contributed by atoms with Crippen molar-refractivity contribution in [2.75, 3.05) is 13.2 Å². The molecule has 2 aliphatic heterocycles. The van der Waals surface area contributed by atoms with E-state index in [1.807, 2.05) is 12.4 Å². The summed E-state index contributed by atoms with van der Waals surface area (Å²) in [6.07, 6.45) is 7.63. The van der Waals surface area contributed by atoms with Crippen molar-refractivity contribution in [2.24, 2.45) is 5.92 Å². The number of aromatic nitrogens is 2. The fourth-order valence-corrected chi connectivity index (χ4v) is 2.75. The van der Waals surface area contributed by atoms with E-state index in [9.17, 15) is 4.79 Å². The van der Waals surface area contributed by atoms with Crippen molar-refractivity contribution >= 4 is 5.91 Å². The van der Waals surface area contributed by atoms with E-state index in [2.05, 4.69) is 14.9 Å². The molecule has 1 unspecified atom stereocenters. The Labute approximate surface area is 107 Å². The van der Waals surface area contributed by atoms with Crippen LogP contribution in [0.2, 0.25) is 0 Å². The Bertz CT molecular complexity index is 424. The van der Waals surface area contributed by atoms with Crippen LogP contribution < -0.4 is 5.32 Å². The van der Waals surface area contributed by atoms with Crippen LogP contribution in [0.25, 0.3) is 0 Å². The van der Waals surface area contributed by atoms with Gasteiger partial charge in [0.1, 0.15) is 11.9 Å². The molecular formula is C13H19N3O2. The van der Waals surface area contributed by atoms with Gasteiger partial charge >= 0.3 is 0 Å². The van der Waals surface area contributed by atoms with Gasteiger partial charge in [-0.3, -0.25) is 4.79 Å². The summed E-state index contributed by atoms with van der Waals surface area (Å²) >= 11 is 0. The molecule has 0 saturated carbocycles. The molecule has 2 aliphatic rings. The third kappa shape index (κ3) is 2.41. The summed E-state index contributed by atoms with van der Waals surface area (Å²) in [4.78, 5) is 16.1. The zero-order chi connectivity index (χ0) is 12.4. The van der Waals surface area contributed by atoms with E-state index < -0.39 is 0 Å². The highest BCUT2D eigenvalue weighted by Crippen LogP contribution is 2.18. The molecule has 0 radical (unpaired) electrons. The molecule has 1 aromatic heterocycles. The van der Waals surface area contributed by atoms with Gasteiger partial charge in [-0.05, 0) is 25.2 Å². The number of hydrogen-bond donors (Lipinski definition) is 1. The Morgan fingerprint density at radius 3 is 3.33 bits per heavy atom. The smallest absolute Gasteiger partial charge is 0.249 e. The molecule has 5 nitrogen and oxygen atoms in total. The van der Waals surface area contributed by atoms with E-state index >= 15 is 0 Å². The zero-order valence-corrected chi connectivity index (χ0v) is 10.5. The number of carbonyl (C=O) groups excluding carboxylic acids is 1. The van der Waals surface area contributed by atoms with Crippen LogP contribution >= 0.6 is 0 Å². The number of carbonyl (C=O) groups is 1. The predicted molar refractivity (Wildman–Crippen MR) is 66.0 cm³/mol. The summed E-state index contributed by atoms with van der Waals surface area (Å²) in [5.41, 5.74) is 0. The van der Waals surface area contributed by atoms with Gasteiger partial charge in [0.05, 0.1) is 0 Å². The maximum atomic E-state index is 11.8. The van der Waals surface area contributed by atoms with Crippen LogP contribution in [0, 0.1) is 5.92 Å². The fourth-order valence-electron chi connectivity index (χ4n) is 2.75. The van der Waals surface area contributed by atoms with Gasteiger partial charge in [-0.15, -0.1) is 0 Å². The molecule has 1 aromatic rings. The Balaban J connectivity index is 1.48. The van der Waals surface area contributed by atoms with Crippen molar-refractivity contribution < 1.29 is 9.53 Å². The lowest BCUT2D eigenvalue weighted by Crippen LogP contribution is -2.39. The van der Waals surface area contributed by atoms with Gasteiger partial charge in [0.25, 0.3) is 0 Å². The molecule has 1 fully saturated rings. The van der Waals surface area contributed by atoms with Gasteiger partial charge in [-0.2, -0.15) is 0 Å². The van der Waals surface area contributed by atoms with Crippen molar-refractivity contribution in [3.05, 3.63) is 18.2 Å². The number of nitrogens with one attached hydrogen (secondary N) is 1. The van der Waals surface area contributed by atoms with Crippen molar-refractivity contribution in [3.63, 3.8) is 0 Å². The maximum absolute atomic E-state index is 11.8. The molecular weight excluding hydrogens is 230 g/mol. The largest absolute Gasteiger partial charge is 0.368 e. The lowest BCUT2D eigenvalue weighted by Gasteiger charge is -2.24. The highest BCUT2D eigenvalue weighted by Gasteiger charge is 2.25. The van der Waals surface area contributed by atoms with Gasteiger partial charge < -0.3 is 14.6 Å². The maximum Gasteiger partial charge on any atom is 0.249 e. The second kappa shape index (κ2) is 5.10. The van der Waals surface area contributed by atoms with E-state index in [1.54, 1.807) is 0 Å². The molecule has 0 bridgehead atoms. The Kier molecular flexibility index (Phi) is 3.32. The van der Waals surface area contributed by atoms with Gasteiger partial charge in [-0.25, -0.2) is 4.98 Å². The predicted octanol–water partition coefficient (Wildman–Crippen LogP) is 0.741. The van der Waals surface area contributed by atoms with Crippen molar-refractivity contribution in [1.29, 1.82) is 0 Å². The quantitative estimate of drug-likeness (QED) is 0.859. The van der Waals surface area contributed by atoms with Crippen molar-refractivity contribution in [1.82, 2.24) is 14.9 Å². The first-order chi connectivity index (χ1) is 8.83. The number of fused-ring (bicyclic) bond motifs is 1. The minimum absolute atomic E-state index is 0.0592. The topological polar surface area (TPSA) is 56.2 Å². The van der Waals surface area contributed by atoms with E-state index in [4.69, 9.17) is 4.74 Å². The third-order valence-electron chi connectivity index (χ3n) is 3.82. The molecule has 0 aromatic carbocycles. The Morgan fingerprint density at radius 1 is 1.56 bits per heavy atom. The number of ether oxygens (including phenoxy) is 1. The summed E-state index contributed by atoms with van der Waals surface area (Å²) in [6, 6.07) is 0. The highest BCUT2D eigenvalue weighted by atomic mass is 16.5. The molecule has 18 heavy (non-hydrogen) atoms. The van der Waals surface area contributed by atoms with Crippen LogP contribution in [-0.4, -0.2) is 34.7 Å². The van der Waals surface area contributed by atoms with Crippen molar-refractivity contribution in [3.8, 4) is 0 Å². The Morgan fingerprint density at radius 2 is 2.50 bits per heavy atom. The van der Waals surface area contributed by atoms with E-state index in [1.165, 1.54) is 0 Å². The first kappa shape index (κ1) is 11.7. The molecule has 2 atom stereocenters. The minimum Gasteiger partial charge on any atom is -0.368 e. The second-order valence-electron chi connectivity index (χ2n) is 5.15. The van der Waals surface area contributed by atoms with Crippen LogP contribution in [-0.2, 0) is 22.5 Å². The first-order valence-corrected chi connectivity index (χ1v) is 6.72. The van der Waals surface area contributed by atoms with Gasteiger partial charge in [-0.1, -0.05) is 0 Å². The molecule has 1 N–H and O–H groups in total. The monoisotopic (exact) mass is 249 g/mol. The normalized spacial score (nSPS) is 26.9. The number of rotatable bonds is 3. The molecule has 1 saturated heterocycles. The number of amides is 1. The molecule has 0 spiro atoms. The average molecular weight is 249 g/mol. The van der Waals surface area contributed by atoms with Gasteiger partial charge in [0.2, 0.25) is 5.91 Å². The average Bonchev–Trinajstić information content (AvgIpc) is 3.05. The summed E-state index contributed by atoms with van der Waals surface area (Å²) in [5, 5.41) is 3.02. The number of nitrogens with zero attached hydrogens (tertiary/aromatic N) is 2. The Hall–Kier alpha value is -1.36. The standard InChI is InChI=1S/C13H19N3O2/c17-13(11-2-1-7-18-11)15-8-10-3-4-12-14-5-6-16(12)9-10/h5-6,10-11H,1-4,7-9H2,(H,15,17)/t10?,11-/m0/s1. The summed E-state index contributed by atoms with van der Waals surface area (Å²) < 4.78 is 7.56. The minimum atomic E-state index is -0.211. The van der Waals surface area contributed by atoms with Crippen LogP contribution in [0.4, 0.5) is 0 Å². The van der Waals surface area contributed by atoms with E-state index in [0.29, 0.717) is 5.92 Å². The van der Waals surface area contributed by atoms with Crippen LogP contribution in [0.15, 0.2) is 12.4 Å². The molecule has 5 heteroatoms. The van der Waals surface area contributed by atoms with E-state index in [-0.39, 0.29) is 12.0 Å². The lowest BCUT2D eigenvalue weighted by molar-refractivity contribution is -0.130. The van der Waals surface area contributed by atoms with Crippen LogP contribution in [0.1, 0.15) is 25.1 Å². The summed E-state index contributed by atoms with van der Waals surface area (Å²) in [5.74, 6) is 1.73. The molecule has 0 aliphatic carbocycles. The molecule has 98 valence electrons. The van der Waals surface area contributed by atoms with Gasteiger partial charge in [0.15, 0.2) is 0 Å². The van der Waals surface area contributed by atoms with Gasteiger partial charge in [0, 0.05) is 38.5 Å². The number of imidazole rings is 1. The molecule has 1 amide bonds. The first-order valence-electron chi connectivity index (χ1n) is 6.72. The molecule has 3 heterocycles. The SMILES string of the molecule is O=C(NCC1CCc2nccn2C1)[C@@H]1CCCO1. The molecule has 3 rings (SSSR count). The fraction of sp³-hybridized carbons (Fsp3) is 0.692. The number of aryl methyl sites for hydroxylation is 1. The summed E-state index contributed by atoms with van der Waals surface area (Å²) in [7, 11) is 0. The van der Waals surface area contributed by atoms with Crippen molar-refractivity contribution in [2.45, 2.75) is 38.3 Å². The summed E-state index contributed by atoms with van der Waals surface area (Å²) in [6.45, 7) is 2.43. The number of hydrogen-bond acceptors (Lipinski definition) is 3. The van der Waals surface area contributed by atoms with E-state index in [0.717, 1.165) is 51.2 Å². The highest BCUT2D eigenvalue weighted by molar-refractivity contribution is 5.80. The van der Waals surface area contributed by atoms with Crippen LogP contribution in [0.3, 0.4) is 0 Å². The zero-order valence-electron chi connectivity index (χ0n) is 10.5. The lowest BCUT2D eigenvalue weighted by atomic mass is 9.99. The second-order valence-corrected chi connectivity index (χ2v) is 5.15. The van der Waals surface area contributed by atoms with Crippen LogP contribution in [0.5, 0.6) is 0 Å².